The molecule has 0 fully saturated rings. The van der Waals surface area contributed by atoms with E-state index in [1.54, 1.807) is 30.4 Å². The predicted molar refractivity (Wildman–Crippen MR) is 80.1 cm³/mol. The van der Waals surface area contributed by atoms with Gasteiger partial charge in [-0.15, -0.1) is 11.3 Å². The predicted octanol–water partition coefficient (Wildman–Crippen LogP) is 2.06. The van der Waals surface area contributed by atoms with Gasteiger partial charge in [0.25, 0.3) is 0 Å². The van der Waals surface area contributed by atoms with Crippen molar-refractivity contribution in [2.24, 2.45) is 0 Å². The Bertz CT molecular complexity index is 605. The average molecular weight is 309 g/mol. The monoisotopic (exact) mass is 309 g/mol. The van der Waals surface area contributed by atoms with E-state index in [9.17, 15) is 9.90 Å². The highest BCUT2D eigenvalue weighted by atomic mass is 32.1. The van der Waals surface area contributed by atoms with E-state index in [0.717, 1.165) is 15.6 Å². The van der Waals surface area contributed by atoms with Crippen molar-refractivity contribution in [2.45, 2.75) is 32.9 Å². The van der Waals surface area contributed by atoms with Gasteiger partial charge >= 0.3 is 6.03 Å². The maximum absolute atomic E-state index is 11.8. The van der Waals surface area contributed by atoms with Gasteiger partial charge in [-0.2, -0.15) is 0 Å². The fraction of sp³-hybridized carbons (Fsp3) is 0.429. The number of hydrogen-bond acceptors (Lipinski definition) is 5. The molecule has 0 spiro atoms. The maximum Gasteiger partial charge on any atom is 0.315 e. The zero-order valence-electron chi connectivity index (χ0n) is 12.3. The van der Waals surface area contributed by atoms with Crippen LogP contribution in [0.3, 0.4) is 0 Å². The molecule has 0 bridgehead atoms. The standard InChI is InChI=1S/C14H19N3O3S/c1-9-11(21-10(2)17-9)7-15-13(18)16-8-14(3,19)12-5-4-6-20-12/h4-6,19H,7-8H2,1-3H3,(H2,15,16,18). The molecule has 2 aromatic heterocycles. The Balaban J connectivity index is 1.81. The van der Waals surface area contributed by atoms with Crippen molar-refractivity contribution in [2.75, 3.05) is 6.54 Å². The Labute approximate surface area is 127 Å². The highest BCUT2D eigenvalue weighted by Crippen LogP contribution is 2.19. The average Bonchev–Trinajstić information content (AvgIpc) is 3.04. The smallest absolute Gasteiger partial charge is 0.315 e. The number of aromatic nitrogens is 1. The number of carbonyl (C=O) groups excluding carboxylic acids is 1. The normalized spacial score (nSPS) is 13.7. The lowest BCUT2D eigenvalue weighted by atomic mass is 10.0. The molecule has 0 aromatic carbocycles. The van der Waals surface area contributed by atoms with E-state index < -0.39 is 5.60 Å². The molecule has 1 unspecified atom stereocenters. The van der Waals surface area contributed by atoms with Gasteiger partial charge in [0.05, 0.1) is 30.1 Å². The van der Waals surface area contributed by atoms with E-state index >= 15 is 0 Å². The second kappa shape index (κ2) is 6.28. The molecular weight excluding hydrogens is 290 g/mol. The highest BCUT2D eigenvalue weighted by molar-refractivity contribution is 7.11. The van der Waals surface area contributed by atoms with Crippen LogP contribution in [0.2, 0.25) is 0 Å². The summed E-state index contributed by atoms with van der Waals surface area (Å²) in [6, 6.07) is 3.02. The van der Waals surface area contributed by atoms with E-state index in [1.165, 1.54) is 6.26 Å². The number of hydrogen-bond donors (Lipinski definition) is 3. The molecule has 2 rings (SSSR count). The van der Waals surface area contributed by atoms with Gasteiger partial charge in [-0.25, -0.2) is 9.78 Å². The molecule has 2 aromatic rings. The van der Waals surface area contributed by atoms with Gasteiger partial charge in [0.2, 0.25) is 0 Å². The molecule has 21 heavy (non-hydrogen) atoms. The van der Waals surface area contributed by atoms with Crippen LogP contribution in [0.15, 0.2) is 22.8 Å². The third-order valence-electron chi connectivity index (χ3n) is 3.05. The summed E-state index contributed by atoms with van der Waals surface area (Å²) in [6.45, 7) is 5.92. The fourth-order valence-corrected chi connectivity index (χ4v) is 2.76. The van der Waals surface area contributed by atoms with Crippen molar-refractivity contribution < 1.29 is 14.3 Å². The van der Waals surface area contributed by atoms with Crippen LogP contribution in [0.5, 0.6) is 0 Å². The van der Waals surface area contributed by atoms with Crippen molar-refractivity contribution in [3.63, 3.8) is 0 Å². The first-order valence-electron chi connectivity index (χ1n) is 6.59. The molecule has 2 heterocycles. The zero-order valence-corrected chi connectivity index (χ0v) is 13.1. The Hall–Kier alpha value is -1.86. The Morgan fingerprint density at radius 1 is 1.48 bits per heavy atom. The lowest BCUT2D eigenvalue weighted by Crippen LogP contribution is -2.43. The molecule has 3 N–H and O–H groups in total. The van der Waals surface area contributed by atoms with Crippen LogP contribution < -0.4 is 10.6 Å². The molecule has 7 heteroatoms. The molecule has 0 radical (unpaired) electrons. The lowest BCUT2D eigenvalue weighted by Gasteiger charge is -2.21. The second-order valence-electron chi connectivity index (χ2n) is 5.03. The van der Waals surface area contributed by atoms with Crippen LogP contribution >= 0.6 is 11.3 Å². The third-order valence-corrected chi connectivity index (χ3v) is 4.13. The Kier molecular flexibility index (Phi) is 4.64. The Morgan fingerprint density at radius 3 is 2.81 bits per heavy atom. The number of rotatable bonds is 5. The molecule has 2 amide bonds. The van der Waals surface area contributed by atoms with E-state index in [0.29, 0.717) is 12.3 Å². The number of carbonyl (C=O) groups is 1. The van der Waals surface area contributed by atoms with Gasteiger partial charge in [0, 0.05) is 4.88 Å². The molecule has 6 nitrogen and oxygen atoms in total. The van der Waals surface area contributed by atoms with Crippen LogP contribution in [0.4, 0.5) is 4.79 Å². The van der Waals surface area contributed by atoms with Crippen molar-refractivity contribution >= 4 is 17.4 Å². The molecule has 0 saturated heterocycles. The van der Waals surface area contributed by atoms with Gasteiger partial charge in [-0.05, 0) is 32.9 Å². The van der Waals surface area contributed by atoms with Crippen LogP contribution in [0.25, 0.3) is 0 Å². The molecule has 114 valence electrons. The summed E-state index contributed by atoms with van der Waals surface area (Å²) in [5.74, 6) is 0.414. The second-order valence-corrected chi connectivity index (χ2v) is 6.32. The molecule has 0 aliphatic carbocycles. The minimum Gasteiger partial charge on any atom is -0.466 e. The van der Waals surface area contributed by atoms with E-state index in [1.807, 2.05) is 13.8 Å². The molecule has 1 atom stereocenters. The minimum absolute atomic E-state index is 0.0625. The van der Waals surface area contributed by atoms with Crippen molar-refractivity contribution in [3.8, 4) is 0 Å². The van der Waals surface area contributed by atoms with E-state index in [-0.39, 0.29) is 12.6 Å². The van der Waals surface area contributed by atoms with Crippen molar-refractivity contribution in [1.82, 2.24) is 15.6 Å². The first-order valence-corrected chi connectivity index (χ1v) is 7.41. The number of aliphatic hydroxyl groups is 1. The maximum atomic E-state index is 11.8. The number of amides is 2. The third kappa shape index (κ3) is 4.05. The Morgan fingerprint density at radius 2 is 2.24 bits per heavy atom. The minimum atomic E-state index is -1.24. The number of thiazole rings is 1. The summed E-state index contributed by atoms with van der Waals surface area (Å²) in [5, 5.41) is 16.6. The quantitative estimate of drug-likeness (QED) is 0.789. The van der Waals surface area contributed by atoms with Gasteiger partial charge < -0.3 is 20.2 Å². The summed E-state index contributed by atoms with van der Waals surface area (Å²) in [7, 11) is 0. The summed E-state index contributed by atoms with van der Waals surface area (Å²) in [6.07, 6.45) is 1.48. The van der Waals surface area contributed by atoms with E-state index in [2.05, 4.69) is 15.6 Å². The van der Waals surface area contributed by atoms with Crippen LogP contribution in [0, 0.1) is 13.8 Å². The first-order chi connectivity index (χ1) is 9.88. The van der Waals surface area contributed by atoms with Gasteiger partial charge in [-0.3, -0.25) is 0 Å². The summed E-state index contributed by atoms with van der Waals surface area (Å²) < 4.78 is 5.15. The van der Waals surface area contributed by atoms with E-state index in [4.69, 9.17) is 4.42 Å². The van der Waals surface area contributed by atoms with Crippen molar-refractivity contribution in [3.05, 3.63) is 39.7 Å². The van der Waals surface area contributed by atoms with Crippen molar-refractivity contribution in [1.29, 1.82) is 0 Å². The summed E-state index contributed by atoms with van der Waals surface area (Å²) >= 11 is 1.56. The number of nitrogens with one attached hydrogen (secondary N) is 2. The van der Waals surface area contributed by atoms with Crippen LogP contribution in [-0.4, -0.2) is 22.7 Å². The zero-order chi connectivity index (χ0) is 15.5. The van der Waals surface area contributed by atoms with Gasteiger partial charge in [0.1, 0.15) is 11.4 Å². The van der Waals surface area contributed by atoms with Gasteiger partial charge in [-0.1, -0.05) is 0 Å². The fourth-order valence-electron chi connectivity index (χ4n) is 1.89. The first kappa shape index (κ1) is 15.5. The summed E-state index contributed by atoms with van der Waals surface area (Å²) in [5.41, 5.74) is -0.307. The number of nitrogens with zero attached hydrogens (tertiary/aromatic N) is 1. The summed E-state index contributed by atoms with van der Waals surface area (Å²) in [4.78, 5) is 17.1. The number of aryl methyl sites for hydroxylation is 2. The highest BCUT2D eigenvalue weighted by Gasteiger charge is 2.26. The van der Waals surface area contributed by atoms with Crippen LogP contribution in [-0.2, 0) is 12.1 Å². The topological polar surface area (TPSA) is 87.4 Å². The number of furan rings is 1. The van der Waals surface area contributed by atoms with Gasteiger partial charge in [0.15, 0.2) is 0 Å². The van der Waals surface area contributed by atoms with Crippen LogP contribution in [0.1, 0.15) is 28.3 Å². The SMILES string of the molecule is Cc1nc(C)c(CNC(=O)NCC(C)(O)c2ccco2)s1. The molecular formula is C14H19N3O3S. The molecule has 0 saturated carbocycles. The molecule has 0 aliphatic heterocycles. The lowest BCUT2D eigenvalue weighted by molar-refractivity contribution is 0.0367. The number of urea groups is 1. The molecule has 0 aliphatic rings. The largest absolute Gasteiger partial charge is 0.466 e.